The first-order valence-electron chi connectivity index (χ1n) is 6.00. The zero-order valence-electron chi connectivity index (χ0n) is 11.0. The number of nitrogens with one attached hydrogen (secondary N) is 1. The van der Waals surface area contributed by atoms with Crippen molar-refractivity contribution in [1.29, 1.82) is 0 Å². The summed E-state index contributed by atoms with van der Waals surface area (Å²) in [5, 5.41) is 2.45. The van der Waals surface area contributed by atoms with Crippen molar-refractivity contribution in [3.05, 3.63) is 41.4 Å². The van der Waals surface area contributed by atoms with Crippen LogP contribution >= 0.6 is 11.6 Å². The molecule has 0 saturated heterocycles. The summed E-state index contributed by atoms with van der Waals surface area (Å²) in [5.41, 5.74) is 0. The number of rotatable bonds is 3. The van der Waals surface area contributed by atoms with E-state index in [1.54, 1.807) is 24.3 Å². The molecule has 20 heavy (non-hydrogen) atoms. The van der Waals surface area contributed by atoms with Gasteiger partial charge in [-0.3, -0.25) is 5.32 Å². The molecule has 0 saturated carbocycles. The topological polar surface area (TPSA) is 77.0 Å². The molecule has 1 N–H and O–H groups in total. The van der Waals surface area contributed by atoms with Gasteiger partial charge in [-0.2, -0.15) is 9.97 Å². The van der Waals surface area contributed by atoms with Crippen LogP contribution in [0.5, 0.6) is 5.75 Å². The number of nitrogens with zero attached hydrogens (tertiary/aromatic N) is 3. The minimum atomic E-state index is -0.687. The van der Waals surface area contributed by atoms with E-state index in [1.165, 1.54) is 0 Å². The highest BCUT2D eigenvalue weighted by molar-refractivity contribution is 6.28. The van der Waals surface area contributed by atoms with E-state index >= 15 is 0 Å². The van der Waals surface area contributed by atoms with E-state index < -0.39 is 6.09 Å². The number of halogens is 1. The first-order valence-corrected chi connectivity index (χ1v) is 6.38. The monoisotopic (exact) mass is 292 g/mol. The Labute approximate surface area is 121 Å². The number of para-hydroxylation sites is 1. The molecule has 2 rings (SSSR count). The Morgan fingerprint density at radius 1 is 1.20 bits per heavy atom. The number of carbonyl (C=O) groups excluding carboxylic acids is 1. The maximum absolute atomic E-state index is 11.7. The number of anilines is 1. The summed E-state index contributed by atoms with van der Waals surface area (Å²) in [6.07, 6.45) is -0.687. The zero-order valence-corrected chi connectivity index (χ0v) is 11.8. The molecule has 0 aliphatic rings. The van der Waals surface area contributed by atoms with Gasteiger partial charge in [0.1, 0.15) is 11.6 Å². The van der Waals surface area contributed by atoms with Gasteiger partial charge in [-0.05, 0) is 23.7 Å². The van der Waals surface area contributed by atoms with Crippen molar-refractivity contribution in [2.24, 2.45) is 0 Å². The first-order chi connectivity index (χ1) is 9.54. The van der Waals surface area contributed by atoms with Crippen molar-refractivity contribution in [1.82, 2.24) is 15.0 Å². The lowest BCUT2D eigenvalue weighted by Gasteiger charge is -2.08. The maximum Gasteiger partial charge on any atom is 0.419 e. The number of hydrogen-bond donors (Lipinski definition) is 1. The summed E-state index contributed by atoms with van der Waals surface area (Å²) >= 11 is 5.78. The Kier molecular flexibility index (Phi) is 4.47. The van der Waals surface area contributed by atoms with Crippen molar-refractivity contribution in [3.8, 4) is 5.75 Å². The van der Waals surface area contributed by atoms with Gasteiger partial charge in [-0.1, -0.05) is 32.0 Å². The Hall–Kier alpha value is -2.21. The average Bonchev–Trinajstić information content (AvgIpc) is 2.38. The van der Waals surface area contributed by atoms with Gasteiger partial charge in [0.25, 0.3) is 0 Å². The molecule has 1 amide bonds. The van der Waals surface area contributed by atoms with Gasteiger partial charge in [-0.25, -0.2) is 9.78 Å². The van der Waals surface area contributed by atoms with Gasteiger partial charge in [0.05, 0.1) is 0 Å². The van der Waals surface area contributed by atoms with Crippen molar-refractivity contribution < 1.29 is 9.53 Å². The average molecular weight is 293 g/mol. The van der Waals surface area contributed by atoms with Gasteiger partial charge in [-0.15, -0.1) is 0 Å². The van der Waals surface area contributed by atoms with Crippen molar-refractivity contribution >= 4 is 23.6 Å². The van der Waals surface area contributed by atoms with Gasteiger partial charge in [0.2, 0.25) is 11.2 Å². The van der Waals surface area contributed by atoms with E-state index in [0.29, 0.717) is 11.6 Å². The van der Waals surface area contributed by atoms with Crippen LogP contribution in [0, 0.1) is 0 Å². The summed E-state index contributed by atoms with van der Waals surface area (Å²) in [7, 11) is 0. The van der Waals surface area contributed by atoms with E-state index in [0.717, 1.165) is 0 Å². The van der Waals surface area contributed by atoms with Gasteiger partial charge in [0.15, 0.2) is 0 Å². The van der Waals surface area contributed by atoms with E-state index in [9.17, 15) is 4.79 Å². The predicted molar refractivity (Wildman–Crippen MR) is 75.0 cm³/mol. The molecule has 0 fully saturated rings. The molecule has 1 heterocycles. The Morgan fingerprint density at radius 3 is 2.55 bits per heavy atom. The second-order valence-corrected chi connectivity index (χ2v) is 4.61. The molecule has 1 aromatic heterocycles. The third-order valence-electron chi connectivity index (χ3n) is 2.31. The number of aromatic nitrogens is 3. The molecule has 0 bridgehead atoms. The van der Waals surface area contributed by atoms with Crippen molar-refractivity contribution in [3.63, 3.8) is 0 Å². The molecule has 104 valence electrons. The first kappa shape index (κ1) is 14.2. The molecule has 6 nitrogen and oxygen atoms in total. The molecule has 0 aliphatic heterocycles. The van der Waals surface area contributed by atoms with E-state index in [-0.39, 0.29) is 17.1 Å². The molecular formula is C13H13ClN4O2. The predicted octanol–water partition coefficient (Wildman–Crippen LogP) is 3.26. The minimum Gasteiger partial charge on any atom is -0.410 e. The fraction of sp³-hybridized carbons (Fsp3) is 0.231. The number of hydrogen-bond acceptors (Lipinski definition) is 5. The molecule has 2 aromatic rings. The second-order valence-electron chi connectivity index (χ2n) is 4.27. The van der Waals surface area contributed by atoms with Crippen LogP contribution in [0.15, 0.2) is 30.3 Å². The Bertz CT molecular complexity index is 605. The highest BCUT2D eigenvalue weighted by Crippen LogP contribution is 2.14. The number of carbonyl (C=O) groups is 1. The van der Waals surface area contributed by atoms with Crippen molar-refractivity contribution in [2.75, 3.05) is 5.32 Å². The third-order valence-corrected chi connectivity index (χ3v) is 2.48. The summed E-state index contributed by atoms with van der Waals surface area (Å²) in [5.74, 6) is 1.06. The number of ether oxygens (including phenoxy) is 1. The lowest BCUT2D eigenvalue weighted by atomic mass is 10.2. The lowest BCUT2D eigenvalue weighted by Crippen LogP contribution is -2.19. The smallest absolute Gasteiger partial charge is 0.410 e. The Balaban J connectivity index is 2.08. The normalized spacial score (nSPS) is 10.4. The molecule has 0 aliphatic carbocycles. The van der Waals surface area contributed by atoms with Gasteiger partial charge >= 0.3 is 6.09 Å². The molecule has 0 spiro atoms. The van der Waals surface area contributed by atoms with Crippen LogP contribution in [0.3, 0.4) is 0 Å². The highest BCUT2D eigenvalue weighted by atomic mass is 35.5. The van der Waals surface area contributed by atoms with Gasteiger partial charge in [0, 0.05) is 5.92 Å². The minimum absolute atomic E-state index is 0.0266. The fourth-order valence-electron chi connectivity index (χ4n) is 1.39. The van der Waals surface area contributed by atoms with Gasteiger partial charge < -0.3 is 4.74 Å². The zero-order chi connectivity index (χ0) is 14.5. The largest absolute Gasteiger partial charge is 0.419 e. The highest BCUT2D eigenvalue weighted by Gasteiger charge is 2.12. The van der Waals surface area contributed by atoms with Crippen LogP contribution in [0.2, 0.25) is 5.28 Å². The van der Waals surface area contributed by atoms with Crippen LogP contribution in [0.1, 0.15) is 25.6 Å². The number of amides is 1. The van der Waals surface area contributed by atoms with Crippen LogP contribution in [0.25, 0.3) is 0 Å². The standard InChI is InChI=1S/C13H13ClN4O2/c1-8(2)10-15-11(14)17-12(16-10)18-13(19)20-9-6-4-3-5-7-9/h3-8H,1-2H3,(H,15,16,17,18,19). The Morgan fingerprint density at radius 2 is 1.90 bits per heavy atom. The molecular weight excluding hydrogens is 280 g/mol. The number of benzene rings is 1. The molecule has 0 atom stereocenters. The third kappa shape index (κ3) is 3.89. The molecule has 7 heteroatoms. The quantitative estimate of drug-likeness (QED) is 0.939. The van der Waals surface area contributed by atoms with E-state index in [2.05, 4.69) is 20.3 Å². The fourth-order valence-corrected chi connectivity index (χ4v) is 1.56. The molecule has 0 unspecified atom stereocenters. The van der Waals surface area contributed by atoms with E-state index in [1.807, 2.05) is 19.9 Å². The summed E-state index contributed by atoms with van der Waals surface area (Å²) in [6, 6.07) is 8.68. The van der Waals surface area contributed by atoms with Crippen LogP contribution in [-0.4, -0.2) is 21.0 Å². The SMILES string of the molecule is CC(C)c1nc(Cl)nc(NC(=O)Oc2ccccc2)n1. The van der Waals surface area contributed by atoms with Crippen LogP contribution in [-0.2, 0) is 0 Å². The lowest BCUT2D eigenvalue weighted by molar-refractivity contribution is 0.215. The summed E-state index contributed by atoms with van der Waals surface area (Å²) < 4.78 is 5.06. The van der Waals surface area contributed by atoms with Crippen LogP contribution < -0.4 is 10.1 Å². The maximum atomic E-state index is 11.7. The molecule has 1 aromatic carbocycles. The van der Waals surface area contributed by atoms with E-state index in [4.69, 9.17) is 16.3 Å². The molecule has 0 radical (unpaired) electrons. The van der Waals surface area contributed by atoms with Crippen molar-refractivity contribution in [2.45, 2.75) is 19.8 Å². The second kappa shape index (κ2) is 6.29. The van der Waals surface area contributed by atoms with Crippen LogP contribution in [0.4, 0.5) is 10.7 Å². The summed E-state index contributed by atoms with van der Waals surface area (Å²) in [4.78, 5) is 23.6. The summed E-state index contributed by atoms with van der Waals surface area (Å²) in [6.45, 7) is 3.83.